The molecule has 1 atom stereocenters. The maximum Gasteiger partial charge on any atom is 0.293 e. The van der Waals surface area contributed by atoms with Crippen molar-refractivity contribution in [1.29, 1.82) is 0 Å². The number of carbonyl (C=O) groups excluding carboxylic acids is 1. The van der Waals surface area contributed by atoms with Crippen LogP contribution in [0.3, 0.4) is 0 Å². The molecule has 0 aliphatic carbocycles. The molecule has 0 fully saturated rings. The Bertz CT molecular complexity index is 538. The molecule has 1 N–H and O–H groups in total. The van der Waals surface area contributed by atoms with Crippen LogP contribution in [0.2, 0.25) is 0 Å². The second-order valence-electron chi connectivity index (χ2n) is 3.43. The molecule has 0 saturated heterocycles. The lowest BCUT2D eigenvalue weighted by molar-refractivity contribution is -0.133. The topological polar surface area (TPSA) is 42.1 Å². The number of hydrogen-bond donors (Lipinski definition) is 1. The Labute approximate surface area is 99.7 Å². The molecule has 2 rings (SSSR count). The van der Waals surface area contributed by atoms with Crippen LogP contribution in [0, 0.1) is 5.82 Å². The first-order valence-electron chi connectivity index (χ1n) is 4.68. The van der Waals surface area contributed by atoms with Gasteiger partial charge in [-0.3, -0.25) is 4.79 Å². The third-order valence-electron chi connectivity index (χ3n) is 2.42. The number of halogens is 2. The molecule has 3 nitrogen and oxygen atoms in total. The summed E-state index contributed by atoms with van der Waals surface area (Å²) in [6.45, 7) is 2.16. The van der Waals surface area contributed by atoms with Crippen LogP contribution in [-0.4, -0.2) is 11.5 Å². The summed E-state index contributed by atoms with van der Waals surface area (Å²) in [5, 5.41) is 0.829. The monoisotopic (exact) mass is 285 g/mol. The summed E-state index contributed by atoms with van der Waals surface area (Å²) in [5.41, 5.74) is 1.48. The van der Waals surface area contributed by atoms with E-state index in [-0.39, 0.29) is 11.9 Å². The minimum absolute atomic E-state index is 0.322. The van der Waals surface area contributed by atoms with Gasteiger partial charge in [-0.1, -0.05) is 0 Å². The quantitative estimate of drug-likeness (QED) is 0.880. The van der Waals surface area contributed by atoms with Crippen molar-refractivity contribution in [2.75, 3.05) is 0 Å². The average molecular weight is 286 g/mol. The molecule has 1 unspecified atom stereocenters. The van der Waals surface area contributed by atoms with Crippen LogP contribution in [0.1, 0.15) is 18.6 Å². The number of benzene rings is 1. The molecular weight excluding hydrogens is 277 g/mol. The maximum absolute atomic E-state index is 13.1. The van der Waals surface area contributed by atoms with Crippen LogP contribution >= 0.6 is 15.9 Å². The van der Waals surface area contributed by atoms with Gasteiger partial charge in [-0.25, -0.2) is 4.39 Å². The Morgan fingerprint density at radius 3 is 3.00 bits per heavy atom. The predicted molar refractivity (Wildman–Crippen MR) is 61.5 cm³/mol. The van der Waals surface area contributed by atoms with Gasteiger partial charge in [0.15, 0.2) is 0 Å². The second-order valence-corrected chi connectivity index (χ2v) is 4.28. The fourth-order valence-electron chi connectivity index (χ4n) is 1.69. The van der Waals surface area contributed by atoms with Crippen molar-refractivity contribution in [3.8, 4) is 0 Å². The first-order valence-corrected chi connectivity index (χ1v) is 5.48. The Morgan fingerprint density at radius 1 is 1.56 bits per heavy atom. The molecule has 0 radical (unpaired) electrons. The van der Waals surface area contributed by atoms with E-state index in [2.05, 4.69) is 20.9 Å². The number of nitrogens with one attached hydrogen (secondary N) is 1. The van der Waals surface area contributed by atoms with Gasteiger partial charge in [0, 0.05) is 27.1 Å². The van der Waals surface area contributed by atoms with Crippen LogP contribution in [0.25, 0.3) is 10.9 Å². The molecular formula is C11H9BrFNO2. The molecule has 5 heteroatoms. The summed E-state index contributed by atoms with van der Waals surface area (Å²) in [6, 6.07) is 2.78. The van der Waals surface area contributed by atoms with Gasteiger partial charge in [-0.15, -0.1) is 0 Å². The van der Waals surface area contributed by atoms with Gasteiger partial charge in [0.05, 0.1) is 0 Å². The number of aromatic nitrogens is 1. The van der Waals surface area contributed by atoms with Crippen LogP contribution in [0.5, 0.6) is 0 Å². The highest BCUT2D eigenvalue weighted by molar-refractivity contribution is 9.10. The van der Waals surface area contributed by atoms with Gasteiger partial charge in [-0.2, -0.15) is 0 Å². The third kappa shape index (κ3) is 1.82. The molecule has 1 aromatic heterocycles. The largest absolute Gasteiger partial charge is 0.460 e. The number of H-pyrrole nitrogens is 1. The van der Waals surface area contributed by atoms with E-state index in [4.69, 9.17) is 4.74 Å². The fraction of sp³-hybridized carbons (Fsp3) is 0.182. The number of hydrogen-bond acceptors (Lipinski definition) is 2. The molecule has 0 spiro atoms. The molecule has 0 bridgehead atoms. The zero-order valence-corrected chi connectivity index (χ0v) is 10.0. The highest BCUT2D eigenvalue weighted by Gasteiger charge is 2.15. The number of rotatable bonds is 3. The van der Waals surface area contributed by atoms with Gasteiger partial charge >= 0.3 is 0 Å². The second kappa shape index (κ2) is 4.25. The molecule has 16 heavy (non-hydrogen) atoms. The Balaban J connectivity index is 2.59. The molecule has 84 valence electrons. The smallest absolute Gasteiger partial charge is 0.293 e. The third-order valence-corrected chi connectivity index (χ3v) is 3.05. The van der Waals surface area contributed by atoms with E-state index < -0.39 is 0 Å². The summed E-state index contributed by atoms with van der Waals surface area (Å²) in [5.74, 6) is -0.322. The molecule has 2 aromatic rings. The Kier molecular flexibility index (Phi) is 2.96. The average Bonchev–Trinajstić information content (AvgIpc) is 2.61. The van der Waals surface area contributed by atoms with Crippen molar-refractivity contribution in [1.82, 2.24) is 4.98 Å². The van der Waals surface area contributed by atoms with E-state index in [0.29, 0.717) is 16.5 Å². The lowest BCUT2D eigenvalue weighted by Crippen LogP contribution is -1.97. The SMILES string of the molecule is CC(OC=O)c1c[nH]c2cc(F)cc(Br)c12. The van der Waals surface area contributed by atoms with Crippen molar-refractivity contribution >= 4 is 33.3 Å². The minimum Gasteiger partial charge on any atom is -0.460 e. The molecule has 1 heterocycles. The minimum atomic E-state index is -0.368. The first-order chi connectivity index (χ1) is 7.63. The van der Waals surface area contributed by atoms with E-state index >= 15 is 0 Å². The summed E-state index contributed by atoms with van der Waals surface area (Å²) < 4.78 is 18.6. The maximum atomic E-state index is 13.1. The normalized spacial score (nSPS) is 12.7. The van der Waals surface area contributed by atoms with Crippen LogP contribution in [0.15, 0.2) is 22.8 Å². The van der Waals surface area contributed by atoms with Crippen LogP contribution in [0.4, 0.5) is 4.39 Å². The number of fused-ring (bicyclic) bond motifs is 1. The first kappa shape index (κ1) is 11.1. The van der Waals surface area contributed by atoms with Crippen LogP contribution in [-0.2, 0) is 9.53 Å². The summed E-state index contributed by atoms with van der Waals surface area (Å²) in [7, 11) is 0. The Hall–Kier alpha value is -1.36. The lowest BCUT2D eigenvalue weighted by atomic mass is 10.1. The van der Waals surface area contributed by atoms with Crippen molar-refractivity contribution in [2.45, 2.75) is 13.0 Å². The summed E-state index contributed by atoms with van der Waals surface area (Å²) >= 11 is 3.29. The van der Waals surface area contributed by atoms with E-state index in [1.54, 1.807) is 13.1 Å². The number of carbonyl (C=O) groups is 1. The molecule has 1 aromatic carbocycles. The highest BCUT2D eigenvalue weighted by Crippen LogP contribution is 2.32. The van der Waals surface area contributed by atoms with Crippen molar-refractivity contribution < 1.29 is 13.9 Å². The van der Waals surface area contributed by atoms with Crippen molar-refractivity contribution in [2.24, 2.45) is 0 Å². The van der Waals surface area contributed by atoms with E-state index in [1.807, 2.05) is 0 Å². The lowest BCUT2D eigenvalue weighted by Gasteiger charge is -2.08. The summed E-state index contributed by atoms with van der Waals surface area (Å²) in [4.78, 5) is 13.2. The van der Waals surface area contributed by atoms with Crippen molar-refractivity contribution in [3.63, 3.8) is 0 Å². The number of ether oxygens (including phenoxy) is 1. The van der Waals surface area contributed by atoms with E-state index in [0.717, 1.165) is 10.9 Å². The van der Waals surface area contributed by atoms with E-state index in [9.17, 15) is 9.18 Å². The molecule has 0 aliphatic heterocycles. The zero-order valence-electron chi connectivity index (χ0n) is 8.46. The molecule has 0 aliphatic rings. The van der Waals surface area contributed by atoms with Gasteiger partial charge in [0.1, 0.15) is 11.9 Å². The zero-order chi connectivity index (χ0) is 11.7. The van der Waals surface area contributed by atoms with Crippen LogP contribution < -0.4 is 0 Å². The molecule has 0 saturated carbocycles. The highest BCUT2D eigenvalue weighted by atomic mass is 79.9. The number of aromatic amines is 1. The fourth-order valence-corrected chi connectivity index (χ4v) is 2.35. The van der Waals surface area contributed by atoms with E-state index in [1.165, 1.54) is 12.1 Å². The molecule has 0 amide bonds. The predicted octanol–water partition coefficient (Wildman–Crippen LogP) is 3.30. The standard InChI is InChI=1S/C11H9BrFNO2/c1-6(16-5-15)8-4-14-10-3-7(13)2-9(12)11(8)10/h2-6,14H,1H3. The van der Waals surface area contributed by atoms with Gasteiger partial charge in [-0.05, 0) is 35.0 Å². The van der Waals surface area contributed by atoms with Gasteiger partial charge < -0.3 is 9.72 Å². The van der Waals surface area contributed by atoms with Crippen molar-refractivity contribution in [3.05, 3.63) is 34.2 Å². The van der Waals surface area contributed by atoms with Gasteiger partial charge in [0.25, 0.3) is 6.47 Å². The van der Waals surface area contributed by atoms with Gasteiger partial charge in [0.2, 0.25) is 0 Å². The summed E-state index contributed by atoms with van der Waals surface area (Å²) in [6.07, 6.45) is 1.34. The Morgan fingerprint density at radius 2 is 2.31 bits per heavy atom.